The summed E-state index contributed by atoms with van der Waals surface area (Å²) in [5, 5.41) is 0. The second kappa shape index (κ2) is 5.12. The number of nitrogens with one attached hydrogen (secondary N) is 1. The third kappa shape index (κ3) is 2.64. The topological polar surface area (TPSA) is 72.7 Å². The number of rotatable bonds is 4. The third-order valence-corrected chi connectivity index (χ3v) is 4.77. The highest BCUT2D eigenvalue weighted by Crippen LogP contribution is 2.22. The summed E-state index contributed by atoms with van der Waals surface area (Å²) in [6.45, 7) is 1.35. The maximum absolute atomic E-state index is 11.8. The van der Waals surface area contributed by atoms with Crippen molar-refractivity contribution in [1.29, 1.82) is 0 Å². The fraction of sp³-hybridized carbons (Fsp3) is 0.231. The molecule has 2 heterocycles. The number of aromatic nitrogens is 4. The van der Waals surface area contributed by atoms with E-state index in [2.05, 4.69) is 9.97 Å². The normalized spacial score (nSPS) is 12.0. The molecule has 0 aliphatic rings. The standard InChI is InChI=1S/C13H14N4O2S2/c1-21(18,19)11-4-2-3-10-12(11)15-13(20)17(10)8-7-16-6-5-14-9-16/h2-6,9H,7-8H2,1H3,(H,15,20). The third-order valence-electron chi connectivity index (χ3n) is 3.31. The van der Waals surface area contributed by atoms with Crippen LogP contribution in [-0.4, -0.2) is 33.8 Å². The number of aryl methyl sites for hydroxylation is 2. The van der Waals surface area contributed by atoms with Crippen LogP contribution in [0, 0.1) is 4.77 Å². The first kappa shape index (κ1) is 14.0. The van der Waals surface area contributed by atoms with Crippen molar-refractivity contribution >= 4 is 33.1 Å². The molecule has 2 aromatic heterocycles. The van der Waals surface area contributed by atoms with Gasteiger partial charge in [-0.05, 0) is 24.4 Å². The lowest BCUT2D eigenvalue weighted by Crippen LogP contribution is -2.06. The second-order valence-electron chi connectivity index (χ2n) is 4.80. The summed E-state index contributed by atoms with van der Waals surface area (Å²) < 4.78 is 28.0. The number of nitrogens with zero attached hydrogens (tertiary/aromatic N) is 3. The van der Waals surface area contributed by atoms with E-state index in [0.717, 1.165) is 5.52 Å². The molecule has 0 fully saturated rings. The van der Waals surface area contributed by atoms with E-state index >= 15 is 0 Å². The van der Waals surface area contributed by atoms with Crippen molar-refractivity contribution in [2.45, 2.75) is 18.0 Å². The van der Waals surface area contributed by atoms with Crippen LogP contribution < -0.4 is 0 Å². The summed E-state index contributed by atoms with van der Waals surface area (Å²) in [6.07, 6.45) is 6.53. The fourth-order valence-corrected chi connectivity index (χ4v) is 3.46. The van der Waals surface area contributed by atoms with Gasteiger partial charge in [-0.25, -0.2) is 13.4 Å². The number of fused-ring (bicyclic) bond motifs is 1. The molecule has 1 N–H and O–H groups in total. The average Bonchev–Trinajstić information content (AvgIpc) is 3.01. The largest absolute Gasteiger partial charge is 0.336 e. The number of imidazole rings is 2. The van der Waals surface area contributed by atoms with Crippen molar-refractivity contribution < 1.29 is 8.42 Å². The van der Waals surface area contributed by atoms with Crippen LogP contribution in [0.2, 0.25) is 0 Å². The van der Waals surface area contributed by atoms with Crippen molar-refractivity contribution in [1.82, 2.24) is 19.1 Å². The minimum atomic E-state index is -3.30. The summed E-state index contributed by atoms with van der Waals surface area (Å²) in [4.78, 5) is 7.27. The molecule has 3 rings (SSSR count). The van der Waals surface area contributed by atoms with Gasteiger partial charge < -0.3 is 14.1 Å². The highest BCUT2D eigenvalue weighted by molar-refractivity contribution is 7.91. The molecule has 8 heteroatoms. The molecule has 21 heavy (non-hydrogen) atoms. The Morgan fingerprint density at radius 3 is 2.81 bits per heavy atom. The monoisotopic (exact) mass is 322 g/mol. The Balaban J connectivity index is 2.08. The number of aromatic amines is 1. The SMILES string of the molecule is CS(=O)(=O)c1cccc2c1[nH]c(=S)n2CCn1ccnc1. The molecule has 0 amide bonds. The first-order valence-electron chi connectivity index (χ1n) is 6.34. The van der Waals surface area contributed by atoms with E-state index in [0.29, 0.717) is 23.4 Å². The Morgan fingerprint density at radius 1 is 1.33 bits per heavy atom. The zero-order valence-corrected chi connectivity index (χ0v) is 13.0. The molecule has 1 aromatic carbocycles. The van der Waals surface area contributed by atoms with Gasteiger partial charge in [0, 0.05) is 31.7 Å². The molecule has 0 aliphatic heterocycles. The molecular formula is C13H14N4O2S2. The Bertz CT molecular complexity index is 936. The van der Waals surface area contributed by atoms with Crippen LogP contribution in [0.5, 0.6) is 0 Å². The van der Waals surface area contributed by atoms with Gasteiger partial charge in [0.15, 0.2) is 14.6 Å². The van der Waals surface area contributed by atoms with Gasteiger partial charge in [-0.3, -0.25) is 0 Å². The van der Waals surface area contributed by atoms with Gasteiger partial charge in [-0.15, -0.1) is 0 Å². The Kier molecular flexibility index (Phi) is 3.42. The van der Waals surface area contributed by atoms with Crippen LogP contribution in [0.3, 0.4) is 0 Å². The van der Waals surface area contributed by atoms with Crippen molar-refractivity contribution in [3.05, 3.63) is 41.7 Å². The molecule has 0 saturated carbocycles. The minimum absolute atomic E-state index is 0.271. The summed E-state index contributed by atoms with van der Waals surface area (Å²) in [7, 11) is -3.30. The number of benzene rings is 1. The smallest absolute Gasteiger partial charge is 0.178 e. The quantitative estimate of drug-likeness (QED) is 0.746. The second-order valence-corrected chi connectivity index (χ2v) is 7.18. The zero-order chi connectivity index (χ0) is 15.0. The van der Waals surface area contributed by atoms with Crippen LogP contribution in [-0.2, 0) is 22.9 Å². The molecule has 3 aromatic rings. The summed E-state index contributed by atoms with van der Waals surface area (Å²) >= 11 is 5.32. The number of sulfone groups is 1. The van der Waals surface area contributed by atoms with Crippen molar-refractivity contribution in [2.24, 2.45) is 0 Å². The summed E-state index contributed by atoms with van der Waals surface area (Å²) in [6, 6.07) is 5.18. The highest BCUT2D eigenvalue weighted by Gasteiger charge is 2.15. The van der Waals surface area contributed by atoms with Crippen LogP contribution in [0.15, 0.2) is 41.8 Å². The van der Waals surface area contributed by atoms with Gasteiger partial charge >= 0.3 is 0 Å². The first-order valence-corrected chi connectivity index (χ1v) is 8.64. The number of para-hydroxylation sites is 1. The first-order chi connectivity index (χ1) is 9.97. The maximum atomic E-state index is 11.8. The minimum Gasteiger partial charge on any atom is -0.336 e. The predicted molar refractivity (Wildman–Crippen MR) is 82.5 cm³/mol. The molecule has 0 aliphatic carbocycles. The molecule has 0 unspecified atom stereocenters. The van der Waals surface area contributed by atoms with E-state index in [1.807, 2.05) is 21.4 Å². The van der Waals surface area contributed by atoms with E-state index in [-0.39, 0.29) is 4.90 Å². The molecule has 6 nitrogen and oxygen atoms in total. The van der Waals surface area contributed by atoms with Crippen molar-refractivity contribution in [2.75, 3.05) is 6.26 Å². The van der Waals surface area contributed by atoms with Crippen LogP contribution in [0.25, 0.3) is 11.0 Å². The fourth-order valence-electron chi connectivity index (χ4n) is 2.32. The van der Waals surface area contributed by atoms with E-state index < -0.39 is 9.84 Å². The zero-order valence-electron chi connectivity index (χ0n) is 11.4. The predicted octanol–water partition coefficient (Wildman–Crippen LogP) is 2.00. The highest BCUT2D eigenvalue weighted by atomic mass is 32.2. The van der Waals surface area contributed by atoms with Crippen molar-refractivity contribution in [3.63, 3.8) is 0 Å². The average molecular weight is 322 g/mol. The van der Waals surface area contributed by atoms with Crippen molar-refractivity contribution in [3.8, 4) is 0 Å². The number of hydrogen-bond donors (Lipinski definition) is 1. The molecule has 0 spiro atoms. The van der Waals surface area contributed by atoms with Gasteiger partial charge in [-0.2, -0.15) is 0 Å². The lowest BCUT2D eigenvalue weighted by Gasteiger charge is -2.06. The number of H-pyrrole nitrogens is 1. The summed E-state index contributed by atoms with van der Waals surface area (Å²) in [5.41, 5.74) is 1.36. The molecule has 110 valence electrons. The van der Waals surface area contributed by atoms with Gasteiger partial charge in [-0.1, -0.05) is 6.07 Å². The van der Waals surface area contributed by atoms with Gasteiger partial charge in [0.1, 0.15) is 0 Å². The van der Waals surface area contributed by atoms with Crippen LogP contribution in [0.1, 0.15) is 0 Å². The van der Waals surface area contributed by atoms with Gasteiger partial charge in [0.2, 0.25) is 0 Å². The van der Waals surface area contributed by atoms with E-state index in [1.54, 1.807) is 24.7 Å². The molecular weight excluding hydrogens is 308 g/mol. The summed E-state index contributed by atoms with van der Waals surface area (Å²) in [5.74, 6) is 0. The van der Waals surface area contributed by atoms with E-state index in [1.165, 1.54) is 6.26 Å². The van der Waals surface area contributed by atoms with E-state index in [9.17, 15) is 8.42 Å². The molecule has 0 atom stereocenters. The van der Waals surface area contributed by atoms with E-state index in [4.69, 9.17) is 12.2 Å². The molecule has 0 radical (unpaired) electrons. The van der Waals surface area contributed by atoms with Crippen LogP contribution >= 0.6 is 12.2 Å². The lowest BCUT2D eigenvalue weighted by atomic mass is 10.3. The van der Waals surface area contributed by atoms with Gasteiger partial charge in [0.05, 0.1) is 22.3 Å². The Labute approximate surface area is 127 Å². The van der Waals surface area contributed by atoms with Gasteiger partial charge in [0.25, 0.3) is 0 Å². The molecule has 0 saturated heterocycles. The number of hydrogen-bond acceptors (Lipinski definition) is 4. The van der Waals surface area contributed by atoms with Crippen LogP contribution in [0.4, 0.5) is 0 Å². The Hall–Kier alpha value is -1.93. The Morgan fingerprint density at radius 2 is 2.14 bits per heavy atom. The molecule has 0 bridgehead atoms. The maximum Gasteiger partial charge on any atom is 0.178 e. The lowest BCUT2D eigenvalue weighted by molar-refractivity contribution is 0.584.